The summed E-state index contributed by atoms with van der Waals surface area (Å²) in [6.07, 6.45) is 5.91. The minimum absolute atomic E-state index is 0.0925. The summed E-state index contributed by atoms with van der Waals surface area (Å²) >= 11 is 0. The van der Waals surface area contributed by atoms with E-state index < -0.39 is 0 Å². The molecule has 1 aromatic rings. The molecule has 0 N–H and O–H groups in total. The zero-order valence-electron chi connectivity index (χ0n) is 11.6. The van der Waals surface area contributed by atoms with E-state index in [1.54, 1.807) is 6.20 Å². The first kappa shape index (κ1) is 14.0. The van der Waals surface area contributed by atoms with Crippen molar-refractivity contribution in [2.75, 3.05) is 27.2 Å². The third-order valence-electron chi connectivity index (χ3n) is 3.36. The molecule has 0 aromatic carbocycles. The summed E-state index contributed by atoms with van der Waals surface area (Å²) in [5, 5.41) is 1.51. The smallest absolute Gasteiger partial charge is 0.246 e. The largest absolute Gasteiger partial charge is 0.302 e. The van der Waals surface area contributed by atoms with Crippen molar-refractivity contribution in [3.05, 3.63) is 30.1 Å². The molecular formula is C14H21N3O2. The predicted molar refractivity (Wildman–Crippen MR) is 72.2 cm³/mol. The van der Waals surface area contributed by atoms with Gasteiger partial charge in [0, 0.05) is 24.9 Å². The van der Waals surface area contributed by atoms with E-state index in [4.69, 9.17) is 4.84 Å². The number of amides is 1. The van der Waals surface area contributed by atoms with Gasteiger partial charge in [0.2, 0.25) is 5.91 Å². The highest BCUT2D eigenvalue weighted by atomic mass is 16.7. The number of carbonyl (C=O) groups is 1. The quantitative estimate of drug-likeness (QED) is 0.810. The number of nitrogens with zero attached hydrogens (tertiary/aromatic N) is 3. The van der Waals surface area contributed by atoms with Crippen LogP contribution >= 0.6 is 0 Å². The third kappa shape index (κ3) is 3.75. The lowest BCUT2D eigenvalue weighted by atomic mass is 10.0. The molecule has 1 aliphatic heterocycles. The second-order valence-electron chi connectivity index (χ2n) is 4.99. The molecular weight excluding hydrogens is 242 g/mol. The fourth-order valence-corrected chi connectivity index (χ4v) is 2.32. The molecule has 19 heavy (non-hydrogen) atoms. The van der Waals surface area contributed by atoms with Crippen molar-refractivity contribution in [1.82, 2.24) is 14.9 Å². The van der Waals surface area contributed by atoms with Gasteiger partial charge in [-0.25, -0.2) is 5.06 Å². The Kier molecular flexibility index (Phi) is 4.87. The predicted octanol–water partition coefficient (Wildman–Crippen LogP) is 1.63. The molecule has 0 bridgehead atoms. The van der Waals surface area contributed by atoms with Crippen molar-refractivity contribution in [3.63, 3.8) is 0 Å². The maximum atomic E-state index is 11.7. The van der Waals surface area contributed by atoms with E-state index in [9.17, 15) is 4.79 Å². The number of hydroxylamine groups is 2. The summed E-state index contributed by atoms with van der Waals surface area (Å²) in [7, 11) is 4.08. The SMILES string of the molecule is CN(C)C(CCN1OCCCC1=O)c1cccnc1. The van der Waals surface area contributed by atoms with Gasteiger partial charge in [0.25, 0.3) is 0 Å². The number of hydrogen-bond acceptors (Lipinski definition) is 4. The molecule has 0 aliphatic carbocycles. The van der Waals surface area contributed by atoms with Crippen LogP contribution in [-0.4, -0.2) is 48.1 Å². The zero-order valence-corrected chi connectivity index (χ0v) is 11.6. The molecule has 1 aliphatic rings. The van der Waals surface area contributed by atoms with Crippen LogP contribution in [0.1, 0.15) is 30.9 Å². The summed E-state index contributed by atoms with van der Waals surface area (Å²) in [6, 6.07) is 4.25. The summed E-state index contributed by atoms with van der Waals surface area (Å²) in [6.45, 7) is 1.27. The molecule has 0 radical (unpaired) electrons. The molecule has 5 heteroatoms. The van der Waals surface area contributed by atoms with Crippen LogP contribution in [0.2, 0.25) is 0 Å². The van der Waals surface area contributed by atoms with Crippen LogP contribution in [0.15, 0.2) is 24.5 Å². The van der Waals surface area contributed by atoms with Gasteiger partial charge in [-0.1, -0.05) is 6.07 Å². The topological polar surface area (TPSA) is 45.7 Å². The molecule has 104 valence electrons. The number of pyridine rings is 1. The molecule has 5 nitrogen and oxygen atoms in total. The maximum Gasteiger partial charge on any atom is 0.246 e. The summed E-state index contributed by atoms with van der Waals surface area (Å²) in [5.74, 6) is 0.0925. The molecule has 2 heterocycles. The number of rotatable bonds is 5. The van der Waals surface area contributed by atoms with Gasteiger partial charge in [0.1, 0.15) is 0 Å². The van der Waals surface area contributed by atoms with Gasteiger partial charge in [0.15, 0.2) is 0 Å². The second-order valence-corrected chi connectivity index (χ2v) is 4.99. The molecule has 1 amide bonds. The number of aromatic nitrogens is 1. The van der Waals surface area contributed by atoms with Crippen molar-refractivity contribution in [3.8, 4) is 0 Å². The van der Waals surface area contributed by atoms with E-state index in [0.717, 1.165) is 18.4 Å². The fraction of sp³-hybridized carbons (Fsp3) is 0.571. The van der Waals surface area contributed by atoms with Gasteiger partial charge >= 0.3 is 0 Å². The van der Waals surface area contributed by atoms with Crippen LogP contribution in [0.25, 0.3) is 0 Å². The Morgan fingerprint density at radius 1 is 1.53 bits per heavy atom. The van der Waals surface area contributed by atoms with Crippen molar-refractivity contribution < 1.29 is 9.63 Å². The van der Waals surface area contributed by atoms with Crippen LogP contribution in [0.3, 0.4) is 0 Å². The van der Waals surface area contributed by atoms with E-state index in [1.807, 2.05) is 26.4 Å². The Balaban J connectivity index is 1.96. The second kappa shape index (κ2) is 6.63. The number of carbonyl (C=O) groups excluding carboxylic acids is 1. The first-order valence-electron chi connectivity index (χ1n) is 6.68. The van der Waals surface area contributed by atoms with E-state index in [-0.39, 0.29) is 11.9 Å². The van der Waals surface area contributed by atoms with E-state index in [0.29, 0.717) is 19.6 Å². The Morgan fingerprint density at radius 3 is 3.00 bits per heavy atom. The lowest BCUT2D eigenvalue weighted by Crippen LogP contribution is -2.37. The standard InChI is InChI=1S/C14H21N3O2/c1-16(2)13(12-5-3-8-15-11-12)7-9-17-14(18)6-4-10-19-17/h3,5,8,11,13H,4,6-7,9-10H2,1-2H3. The molecule has 1 fully saturated rings. The Bertz CT molecular complexity index is 408. The fourth-order valence-electron chi connectivity index (χ4n) is 2.32. The van der Waals surface area contributed by atoms with E-state index >= 15 is 0 Å². The van der Waals surface area contributed by atoms with Gasteiger partial charge in [-0.05, 0) is 38.6 Å². The molecule has 0 spiro atoms. The lowest BCUT2D eigenvalue weighted by molar-refractivity contribution is -0.199. The number of hydrogen-bond donors (Lipinski definition) is 0. The van der Waals surface area contributed by atoms with Gasteiger partial charge in [0.05, 0.1) is 13.2 Å². The molecule has 1 unspecified atom stereocenters. The van der Waals surface area contributed by atoms with Crippen molar-refractivity contribution >= 4 is 5.91 Å². The van der Waals surface area contributed by atoms with Crippen molar-refractivity contribution in [2.24, 2.45) is 0 Å². The molecule has 1 saturated heterocycles. The van der Waals surface area contributed by atoms with Crippen LogP contribution in [0.5, 0.6) is 0 Å². The summed E-state index contributed by atoms with van der Waals surface area (Å²) in [4.78, 5) is 23.4. The van der Waals surface area contributed by atoms with Crippen molar-refractivity contribution in [1.29, 1.82) is 0 Å². The minimum atomic E-state index is 0.0925. The lowest BCUT2D eigenvalue weighted by Gasteiger charge is -2.30. The Hall–Kier alpha value is -1.46. The van der Waals surface area contributed by atoms with Gasteiger partial charge in [-0.2, -0.15) is 0 Å². The minimum Gasteiger partial charge on any atom is -0.302 e. The van der Waals surface area contributed by atoms with Gasteiger partial charge < -0.3 is 4.90 Å². The normalized spacial score (nSPS) is 17.8. The maximum absolute atomic E-state index is 11.7. The molecule has 0 saturated carbocycles. The molecule has 1 aromatic heterocycles. The summed E-state index contributed by atoms with van der Waals surface area (Å²) < 4.78 is 0. The van der Waals surface area contributed by atoms with Crippen LogP contribution in [-0.2, 0) is 9.63 Å². The average molecular weight is 263 g/mol. The summed E-state index contributed by atoms with van der Waals surface area (Å²) in [5.41, 5.74) is 1.16. The average Bonchev–Trinajstić information content (AvgIpc) is 2.42. The van der Waals surface area contributed by atoms with Gasteiger partial charge in [-0.3, -0.25) is 14.6 Å². The van der Waals surface area contributed by atoms with Crippen molar-refractivity contribution in [2.45, 2.75) is 25.3 Å². The van der Waals surface area contributed by atoms with Crippen LogP contribution in [0, 0.1) is 0 Å². The van der Waals surface area contributed by atoms with E-state index in [1.165, 1.54) is 5.06 Å². The zero-order chi connectivity index (χ0) is 13.7. The van der Waals surface area contributed by atoms with Crippen LogP contribution < -0.4 is 0 Å². The molecule has 2 rings (SSSR count). The van der Waals surface area contributed by atoms with Gasteiger partial charge in [-0.15, -0.1) is 0 Å². The molecule has 1 atom stereocenters. The highest BCUT2D eigenvalue weighted by Gasteiger charge is 2.22. The third-order valence-corrected chi connectivity index (χ3v) is 3.36. The Labute approximate surface area is 114 Å². The highest BCUT2D eigenvalue weighted by Crippen LogP contribution is 2.22. The highest BCUT2D eigenvalue weighted by molar-refractivity contribution is 5.75. The first-order valence-corrected chi connectivity index (χ1v) is 6.68. The van der Waals surface area contributed by atoms with Crippen LogP contribution in [0.4, 0.5) is 0 Å². The monoisotopic (exact) mass is 263 g/mol. The van der Waals surface area contributed by atoms with E-state index in [2.05, 4.69) is 16.0 Å². The first-order chi connectivity index (χ1) is 9.18. The Morgan fingerprint density at radius 2 is 2.37 bits per heavy atom.